The fraction of sp³-hybridized carbons (Fsp3) is 0.438. The van der Waals surface area contributed by atoms with E-state index in [0.29, 0.717) is 18.0 Å². The lowest BCUT2D eigenvalue weighted by Gasteiger charge is -2.20. The van der Waals surface area contributed by atoms with Crippen LogP contribution in [0.4, 0.5) is 0 Å². The lowest BCUT2D eigenvalue weighted by Crippen LogP contribution is -2.30. The second kappa shape index (κ2) is 7.07. The van der Waals surface area contributed by atoms with Crippen molar-refractivity contribution in [3.63, 3.8) is 0 Å². The van der Waals surface area contributed by atoms with Gasteiger partial charge in [0.05, 0.1) is 11.1 Å². The molecule has 120 valence electrons. The van der Waals surface area contributed by atoms with Gasteiger partial charge in [0, 0.05) is 31.9 Å². The summed E-state index contributed by atoms with van der Waals surface area (Å²) in [5, 5.41) is 4.09. The highest BCUT2D eigenvalue weighted by Gasteiger charge is 2.23. The third kappa shape index (κ3) is 3.75. The highest BCUT2D eigenvalue weighted by molar-refractivity contribution is 7.89. The zero-order valence-corrected chi connectivity index (χ0v) is 14.2. The van der Waals surface area contributed by atoms with E-state index in [-0.39, 0.29) is 0 Å². The Morgan fingerprint density at radius 3 is 2.32 bits per heavy atom. The summed E-state index contributed by atoms with van der Waals surface area (Å²) in [4.78, 5) is 0.345. The largest absolute Gasteiger partial charge is 0.275 e. The Hall–Kier alpha value is -1.66. The lowest BCUT2D eigenvalue weighted by molar-refractivity contribution is 0.423. The van der Waals surface area contributed by atoms with E-state index in [1.165, 1.54) is 4.31 Å². The number of hydrogen-bond acceptors (Lipinski definition) is 3. The average Bonchev–Trinajstić information content (AvgIpc) is 2.91. The van der Waals surface area contributed by atoms with Gasteiger partial charge in [-0.15, -0.1) is 0 Å². The molecule has 1 aromatic heterocycles. The SMILES string of the molecule is CCCc1ccc(S(=O)(=O)N(CC)Cc2cnn(C)c2)cc1. The number of aryl methyl sites for hydroxylation is 2. The molecular weight excluding hydrogens is 298 g/mol. The van der Waals surface area contributed by atoms with Crippen molar-refractivity contribution in [3.8, 4) is 0 Å². The molecule has 0 aliphatic carbocycles. The maximum Gasteiger partial charge on any atom is 0.243 e. The van der Waals surface area contributed by atoms with Crippen LogP contribution in [-0.4, -0.2) is 29.0 Å². The van der Waals surface area contributed by atoms with Crippen molar-refractivity contribution >= 4 is 10.0 Å². The third-order valence-electron chi connectivity index (χ3n) is 3.57. The Labute approximate surface area is 132 Å². The maximum absolute atomic E-state index is 12.7. The van der Waals surface area contributed by atoms with Crippen molar-refractivity contribution in [2.24, 2.45) is 7.05 Å². The summed E-state index contributed by atoms with van der Waals surface area (Å²) >= 11 is 0. The van der Waals surface area contributed by atoms with Crippen LogP contribution in [0.5, 0.6) is 0 Å². The summed E-state index contributed by atoms with van der Waals surface area (Å²) in [7, 11) is -1.66. The Morgan fingerprint density at radius 1 is 1.14 bits per heavy atom. The Balaban J connectivity index is 2.22. The maximum atomic E-state index is 12.7. The van der Waals surface area contributed by atoms with Gasteiger partial charge in [-0.05, 0) is 24.1 Å². The number of aromatic nitrogens is 2. The smallest absolute Gasteiger partial charge is 0.243 e. The fourth-order valence-electron chi connectivity index (χ4n) is 2.39. The molecule has 0 radical (unpaired) electrons. The van der Waals surface area contributed by atoms with Gasteiger partial charge >= 0.3 is 0 Å². The molecule has 2 aromatic rings. The van der Waals surface area contributed by atoms with Crippen molar-refractivity contribution < 1.29 is 8.42 Å². The first kappa shape index (κ1) is 16.7. The minimum atomic E-state index is -3.48. The molecule has 0 unspecified atom stereocenters. The van der Waals surface area contributed by atoms with Crippen LogP contribution in [0.15, 0.2) is 41.6 Å². The monoisotopic (exact) mass is 321 g/mol. The molecule has 1 heterocycles. The summed E-state index contributed by atoms with van der Waals surface area (Å²) in [6.45, 7) is 4.72. The summed E-state index contributed by atoms with van der Waals surface area (Å²) in [5.41, 5.74) is 2.05. The van der Waals surface area contributed by atoms with Crippen molar-refractivity contribution in [3.05, 3.63) is 47.8 Å². The van der Waals surface area contributed by atoms with Gasteiger partial charge < -0.3 is 0 Å². The van der Waals surface area contributed by atoms with E-state index in [0.717, 1.165) is 24.0 Å². The van der Waals surface area contributed by atoms with E-state index in [9.17, 15) is 8.42 Å². The van der Waals surface area contributed by atoms with Gasteiger partial charge in [-0.1, -0.05) is 32.4 Å². The van der Waals surface area contributed by atoms with Gasteiger partial charge in [-0.2, -0.15) is 9.40 Å². The van der Waals surface area contributed by atoms with Crippen LogP contribution in [-0.2, 0) is 30.0 Å². The van der Waals surface area contributed by atoms with Gasteiger partial charge in [0.25, 0.3) is 0 Å². The summed E-state index contributed by atoms with van der Waals surface area (Å²) < 4.78 is 28.6. The molecule has 6 heteroatoms. The Kier molecular flexibility index (Phi) is 5.37. The molecule has 1 aromatic carbocycles. The number of rotatable bonds is 7. The standard InChI is InChI=1S/C16H23N3O2S/c1-4-6-14-7-9-16(10-8-14)22(20,21)19(5-2)13-15-11-17-18(3)12-15/h7-12H,4-6,13H2,1-3H3. The molecule has 0 aliphatic heterocycles. The Bertz CT molecular complexity index is 705. The zero-order chi connectivity index (χ0) is 16.2. The van der Waals surface area contributed by atoms with Crippen LogP contribution < -0.4 is 0 Å². The topological polar surface area (TPSA) is 55.2 Å². The Morgan fingerprint density at radius 2 is 1.82 bits per heavy atom. The van der Waals surface area contributed by atoms with Gasteiger partial charge in [0.1, 0.15) is 0 Å². The highest BCUT2D eigenvalue weighted by atomic mass is 32.2. The summed E-state index contributed by atoms with van der Waals surface area (Å²) in [6, 6.07) is 7.20. The van der Waals surface area contributed by atoms with Crippen molar-refractivity contribution in [1.82, 2.24) is 14.1 Å². The second-order valence-corrected chi connectivity index (χ2v) is 7.29. The first-order valence-corrected chi connectivity index (χ1v) is 8.98. The molecule has 0 saturated carbocycles. The lowest BCUT2D eigenvalue weighted by atomic mass is 10.1. The molecule has 0 aliphatic rings. The normalized spacial score (nSPS) is 12.0. The van der Waals surface area contributed by atoms with Crippen molar-refractivity contribution in [1.29, 1.82) is 0 Å². The van der Waals surface area contributed by atoms with Crippen LogP contribution in [0.25, 0.3) is 0 Å². The van der Waals surface area contributed by atoms with E-state index in [1.807, 2.05) is 32.3 Å². The van der Waals surface area contributed by atoms with Crippen LogP contribution in [0.2, 0.25) is 0 Å². The number of nitrogens with zero attached hydrogens (tertiary/aromatic N) is 3. The van der Waals surface area contributed by atoms with E-state index in [1.54, 1.807) is 23.0 Å². The molecule has 22 heavy (non-hydrogen) atoms. The van der Waals surface area contributed by atoms with E-state index in [4.69, 9.17) is 0 Å². The van der Waals surface area contributed by atoms with Crippen LogP contribution >= 0.6 is 0 Å². The molecule has 0 saturated heterocycles. The number of sulfonamides is 1. The third-order valence-corrected chi connectivity index (χ3v) is 5.50. The molecule has 0 amide bonds. The molecule has 0 spiro atoms. The molecular formula is C16H23N3O2S. The minimum Gasteiger partial charge on any atom is -0.275 e. The second-order valence-electron chi connectivity index (χ2n) is 5.35. The van der Waals surface area contributed by atoms with Gasteiger partial charge in [-0.3, -0.25) is 4.68 Å². The van der Waals surface area contributed by atoms with Crippen LogP contribution in [0.3, 0.4) is 0 Å². The van der Waals surface area contributed by atoms with Crippen molar-refractivity contribution in [2.75, 3.05) is 6.54 Å². The first-order valence-electron chi connectivity index (χ1n) is 7.54. The molecule has 0 fully saturated rings. The van der Waals surface area contributed by atoms with Crippen LogP contribution in [0.1, 0.15) is 31.4 Å². The number of hydrogen-bond donors (Lipinski definition) is 0. The average molecular weight is 321 g/mol. The molecule has 5 nitrogen and oxygen atoms in total. The number of benzene rings is 1. The highest BCUT2D eigenvalue weighted by Crippen LogP contribution is 2.19. The summed E-state index contributed by atoms with van der Waals surface area (Å²) in [5.74, 6) is 0. The van der Waals surface area contributed by atoms with E-state index >= 15 is 0 Å². The van der Waals surface area contributed by atoms with E-state index < -0.39 is 10.0 Å². The first-order chi connectivity index (χ1) is 10.5. The quantitative estimate of drug-likeness (QED) is 0.787. The molecule has 0 N–H and O–H groups in total. The van der Waals surface area contributed by atoms with Gasteiger partial charge in [0.2, 0.25) is 10.0 Å². The van der Waals surface area contributed by atoms with Crippen LogP contribution in [0, 0.1) is 0 Å². The minimum absolute atomic E-state index is 0.337. The molecule has 0 bridgehead atoms. The zero-order valence-electron chi connectivity index (χ0n) is 13.4. The van der Waals surface area contributed by atoms with Crippen molar-refractivity contribution in [2.45, 2.75) is 38.1 Å². The predicted octanol–water partition coefficient (Wildman–Crippen LogP) is 2.58. The van der Waals surface area contributed by atoms with E-state index in [2.05, 4.69) is 12.0 Å². The van der Waals surface area contributed by atoms with Gasteiger partial charge in [-0.25, -0.2) is 8.42 Å². The predicted molar refractivity (Wildman–Crippen MR) is 86.9 cm³/mol. The molecule has 0 atom stereocenters. The molecule has 2 rings (SSSR count). The summed E-state index contributed by atoms with van der Waals surface area (Å²) in [6.07, 6.45) is 5.55. The van der Waals surface area contributed by atoms with Gasteiger partial charge in [0.15, 0.2) is 0 Å². The fourth-order valence-corrected chi connectivity index (χ4v) is 3.83.